The second-order valence-electron chi connectivity index (χ2n) is 7.97. The first-order valence-corrected chi connectivity index (χ1v) is 10.1. The highest BCUT2D eigenvalue weighted by molar-refractivity contribution is 5.62. The van der Waals surface area contributed by atoms with E-state index in [0.29, 0.717) is 0 Å². The molecular weight excluding hydrogens is 324 g/mol. The van der Waals surface area contributed by atoms with Gasteiger partial charge in [-0.05, 0) is 57.6 Å². The molecule has 0 unspecified atom stereocenters. The summed E-state index contributed by atoms with van der Waals surface area (Å²) in [7, 11) is 0. The smallest absolute Gasteiger partial charge is 0.165 e. The Labute approximate surface area is 158 Å². The van der Waals surface area contributed by atoms with E-state index in [9.17, 15) is 5.11 Å². The number of unbranched alkanes of at least 4 members (excludes halogenated alkanes) is 4. The Balaban J connectivity index is 1.73. The summed E-state index contributed by atoms with van der Waals surface area (Å²) in [4.78, 5) is 0. The highest BCUT2D eigenvalue weighted by Gasteiger charge is 2.66. The molecule has 0 amide bonds. The van der Waals surface area contributed by atoms with E-state index in [0.717, 1.165) is 36.8 Å². The van der Waals surface area contributed by atoms with Crippen LogP contribution in [0.3, 0.4) is 0 Å². The van der Waals surface area contributed by atoms with E-state index < -0.39 is 5.79 Å². The maximum atomic E-state index is 9.89. The van der Waals surface area contributed by atoms with Gasteiger partial charge in [0.1, 0.15) is 11.7 Å². The molecule has 1 spiro atoms. The molecule has 1 N–H and O–H groups in total. The molecule has 0 aromatic carbocycles. The van der Waals surface area contributed by atoms with Crippen molar-refractivity contribution in [1.29, 1.82) is 0 Å². The SMILES string of the molecule is CCCCCC/C=C/C#C/C(CO)=C1\C2=CCCC[C@@]23OC(C)(C)O[C@@H]13. The standard InChI is InChI=1S/C23H32O3/c1-4-5-6-7-8-9-10-11-14-18(17-24)20-19-15-12-13-16-23(19)21(20)25-22(2,3)26-23/h9-10,15,21,24H,4-8,12-13,16-17H2,1-3H3/b10-9+,20-18-/t21-,23+/m0/s1. The highest BCUT2D eigenvalue weighted by Crippen LogP contribution is 2.60. The van der Waals surface area contributed by atoms with Crippen molar-refractivity contribution in [2.24, 2.45) is 0 Å². The molecule has 1 heterocycles. The molecule has 3 aliphatic rings. The predicted molar refractivity (Wildman–Crippen MR) is 104 cm³/mol. The molecule has 2 aliphatic carbocycles. The first-order valence-electron chi connectivity index (χ1n) is 10.1. The summed E-state index contributed by atoms with van der Waals surface area (Å²) in [6.45, 7) is 6.10. The summed E-state index contributed by atoms with van der Waals surface area (Å²) in [6.07, 6.45) is 15.5. The van der Waals surface area contributed by atoms with Crippen LogP contribution in [-0.2, 0) is 9.47 Å². The van der Waals surface area contributed by atoms with E-state index in [2.05, 4.69) is 30.9 Å². The van der Waals surface area contributed by atoms with Gasteiger partial charge in [-0.3, -0.25) is 0 Å². The topological polar surface area (TPSA) is 38.7 Å². The van der Waals surface area contributed by atoms with Crippen LogP contribution < -0.4 is 0 Å². The van der Waals surface area contributed by atoms with Crippen LogP contribution in [0.4, 0.5) is 0 Å². The molecule has 0 bridgehead atoms. The van der Waals surface area contributed by atoms with Gasteiger partial charge in [0.2, 0.25) is 0 Å². The van der Waals surface area contributed by atoms with Crippen molar-refractivity contribution in [3.05, 3.63) is 34.9 Å². The Morgan fingerprint density at radius 2 is 2.19 bits per heavy atom. The van der Waals surface area contributed by atoms with Gasteiger partial charge >= 0.3 is 0 Å². The minimum atomic E-state index is -0.588. The Hall–Kier alpha value is -1.34. The molecule has 3 nitrogen and oxygen atoms in total. The van der Waals surface area contributed by atoms with Crippen LogP contribution in [0.5, 0.6) is 0 Å². The Bertz CT molecular complexity index is 671. The third-order valence-corrected chi connectivity index (χ3v) is 5.49. The van der Waals surface area contributed by atoms with Crippen LogP contribution in [-0.4, -0.2) is 29.2 Å². The fourth-order valence-corrected chi connectivity index (χ4v) is 4.36. The number of hydrogen-bond donors (Lipinski definition) is 1. The van der Waals surface area contributed by atoms with Crippen molar-refractivity contribution >= 4 is 0 Å². The van der Waals surface area contributed by atoms with Crippen molar-refractivity contribution in [1.82, 2.24) is 0 Å². The van der Waals surface area contributed by atoms with Gasteiger partial charge in [-0.25, -0.2) is 0 Å². The predicted octanol–water partition coefficient (Wildman–Crippen LogP) is 4.82. The van der Waals surface area contributed by atoms with Crippen LogP contribution in [0.2, 0.25) is 0 Å². The number of rotatable bonds is 6. The summed E-state index contributed by atoms with van der Waals surface area (Å²) >= 11 is 0. The third-order valence-electron chi connectivity index (χ3n) is 5.49. The van der Waals surface area contributed by atoms with E-state index in [1.165, 1.54) is 31.3 Å². The zero-order valence-corrected chi connectivity index (χ0v) is 16.4. The average molecular weight is 357 g/mol. The van der Waals surface area contributed by atoms with E-state index >= 15 is 0 Å². The Morgan fingerprint density at radius 1 is 1.35 bits per heavy atom. The molecule has 26 heavy (non-hydrogen) atoms. The van der Waals surface area contributed by atoms with Crippen LogP contribution in [0.25, 0.3) is 0 Å². The number of hydrogen-bond acceptors (Lipinski definition) is 3. The molecule has 1 aliphatic heterocycles. The molecule has 0 radical (unpaired) electrons. The number of ether oxygens (including phenoxy) is 2. The zero-order chi connectivity index (χ0) is 18.6. The van der Waals surface area contributed by atoms with Crippen molar-refractivity contribution in [3.8, 4) is 11.8 Å². The van der Waals surface area contributed by atoms with Gasteiger partial charge in [0, 0.05) is 11.1 Å². The number of aliphatic hydroxyl groups excluding tert-OH is 1. The normalized spacial score (nSPS) is 30.8. The fraction of sp³-hybridized carbons (Fsp3) is 0.652. The second kappa shape index (κ2) is 8.13. The molecule has 1 saturated carbocycles. The van der Waals surface area contributed by atoms with E-state index in [-0.39, 0.29) is 18.3 Å². The van der Waals surface area contributed by atoms with Crippen molar-refractivity contribution in [2.75, 3.05) is 6.61 Å². The van der Waals surface area contributed by atoms with Crippen LogP contribution >= 0.6 is 0 Å². The van der Waals surface area contributed by atoms with Gasteiger partial charge in [-0.2, -0.15) is 0 Å². The van der Waals surface area contributed by atoms with Crippen LogP contribution in [0.15, 0.2) is 34.9 Å². The molecule has 0 aromatic heterocycles. The summed E-state index contributed by atoms with van der Waals surface area (Å²) in [5.74, 6) is 5.67. The first-order chi connectivity index (χ1) is 12.5. The number of allylic oxidation sites excluding steroid dienone is 3. The van der Waals surface area contributed by atoms with E-state index in [4.69, 9.17) is 9.47 Å². The van der Waals surface area contributed by atoms with Gasteiger partial charge in [0.25, 0.3) is 0 Å². The molecule has 2 fully saturated rings. The highest BCUT2D eigenvalue weighted by atomic mass is 16.8. The second-order valence-corrected chi connectivity index (χ2v) is 7.97. The van der Waals surface area contributed by atoms with Gasteiger partial charge in [-0.15, -0.1) is 0 Å². The molecule has 0 aromatic rings. The Morgan fingerprint density at radius 3 is 2.96 bits per heavy atom. The van der Waals surface area contributed by atoms with Crippen molar-refractivity contribution < 1.29 is 14.6 Å². The molecule has 142 valence electrons. The average Bonchev–Trinajstić information content (AvgIpc) is 2.82. The van der Waals surface area contributed by atoms with Gasteiger partial charge in [0.05, 0.1) is 6.61 Å². The summed E-state index contributed by atoms with van der Waals surface area (Å²) in [5, 5.41) is 9.89. The summed E-state index contributed by atoms with van der Waals surface area (Å²) in [5.41, 5.74) is 2.72. The van der Waals surface area contributed by atoms with Gasteiger partial charge < -0.3 is 14.6 Å². The van der Waals surface area contributed by atoms with Gasteiger partial charge in [-0.1, -0.05) is 50.2 Å². The lowest BCUT2D eigenvalue weighted by atomic mass is 9.61. The van der Waals surface area contributed by atoms with Crippen molar-refractivity contribution in [3.63, 3.8) is 0 Å². The minimum absolute atomic E-state index is 0.0552. The maximum Gasteiger partial charge on any atom is 0.165 e. The molecule has 3 rings (SSSR count). The van der Waals surface area contributed by atoms with E-state index in [1.54, 1.807) is 0 Å². The first kappa shape index (κ1) is 19.4. The summed E-state index contributed by atoms with van der Waals surface area (Å²) < 4.78 is 12.5. The lowest BCUT2D eigenvalue weighted by molar-refractivity contribution is -0.153. The Kier molecular flexibility index (Phi) is 6.07. The zero-order valence-electron chi connectivity index (χ0n) is 16.4. The summed E-state index contributed by atoms with van der Waals surface area (Å²) in [6, 6.07) is 0. The lowest BCUT2D eigenvalue weighted by Gasteiger charge is -2.49. The molecular formula is C23H32O3. The molecule has 1 saturated heterocycles. The van der Waals surface area contributed by atoms with Crippen molar-refractivity contribution in [2.45, 2.75) is 89.6 Å². The maximum absolute atomic E-state index is 9.89. The third kappa shape index (κ3) is 3.69. The van der Waals surface area contributed by atoms with Crippen LogP contribution in [0, 0.1) is 11.8 Å². The van der Waals surface area contributed by atoms with Crippen LogP contribution in [0.1, 0.15) is 72.1 Å². The quantitative estimate of drug-likeness (QED) is 0.548. The lowest BCUT2D eigenvalue weighted by Crippen LogP contribution is -2.55. The monoisotopic (exact) mass is 356 g/mol. The molecule has 3 heteroatoms. The fourth-order valence-electron chi connectivity index (χ4n) is 4.36. The van der Waals surface area contributed by atoms with E-state index in [1.807, 2.05) is 19.9 Å². The molecule has 2 atom stereocenters. The largest absolute Gasteiger partial charge is 0.391 e. The van der Waals surface area contributed by atoms with Gasteiger partial charge in [0.15, 0.2) is 5.79 Å². The minimum Gasteiger partial charge on any atom is -0.391 e. The number of aliphatic hydroxyl groups is 1.